The number of hydrogen-bond acceptors (Lipinski definition) is 3. The van der Waals surface area contributed by atoms with Crippen LogP contribution in [0, 0.1) is 0 Å². The molecule has 0 saturated carbocycles. The number of carbonyl (C=O) groups is 1. The first-order chi connectivity index (χ1) is 9.17. The number of primary amides is 1. The van der Waals surface area contributed by atoms with E-state index in [9.17, 15) is 4.79 Å². The first-order valence-electron chi connectivity index (χ1n) is 6.99. The molecule has 4 nitrogen and oxygen atoms in total. The van der Waals surface area contributed by atoms with Gasteiger partial charge in [0.15, 0.2) is 0 Å². The quantitative estimate of drug-likeness (QED) is 0.665. The van der Waals surface area contributed by atoms with Gasteiger partial charge < -0.3 is 16.0 Å². The number of hydrogen-bond donors (Lipinski definition) is 2. The van der Waals surface area contributed by atoms with Gasteiger partial charge in [-0.25, -0.2) is 0 Å². The number of carbonyl (C=O) groups excluding carboxylic acids is 1. The van der Waals surface area contributed by atoms with E-state index in [-0.39, 0.29) is 5.91 Å². The normalized spacial score (nSPS) is 10.9. The summed E-state index contributed by atoms with van der Waals surface area (Å²) in [5, 5.41) is 3.41. The zero-order chi connectivity index (χ0) is 14.1. The third-order valence-electron chi connectivity index (χ3n) is 3.29. The Kier molecular flexibility index (Phi) is 7.15. The van der Waals surface area contributed by atoms with Crippen LogP contribution >= 0.6 is 0 Å². The van der Waals surface area contributed by atoms with E-state index in [0.717, 1.165) is 39.1 Å². The van der Waals surface area contributed by atoms with Crippen molar-refractivity contribution < 1.29 is 4.79 Å². The number of benzene rings is 1. The molecular weight excluding hydrogens is 238 g/mol. The molecule has 1 aromatic carbocycles. The largest absolute Gasteiger partial charge is 0.366 e. The molecule has 1 aromatic rings. The van der Waals surface area contributed by atoms with E-state index in [1.165, 1.54) is 5.56 Å². The molecule has 0 aliphatic rings. The van der Waals surface area contributed by atoms with Gasteiger partial charge in [0, 0.05) is 12.1 Å². The molecule has 1 rings (SSSR count). The average molecular weight is 263 g/mol. The van der Waals surface area contributed by atoms with Gasteiger partial charge in [-0.05, 0) is 50.3 Å². The fourth-order valence-electron chi connectivity index (χ4n) is 1.99. The molecule has 0 radical (unpaired) electrons. The molecule has 0 bridgehead atoms. The summed E-state index contributed by atoms with van der Waals surface area (Å²) in [5.41, 5.74) is 6.93. The van der Waals surface area contributed by atoms with Crippen molar-refractivity contribution in [2.24, 2.45) is 5.73 Å². The van der Waals surface area contributed by atoms with E-state index in [0.29, 0.717) is 5.56 Å². The molecule has 0 aliphatic carbocycles. The van der Waals surface area contributed by atoms with Crippen molar-refractivity contribution in [2.45, 2.75) is 26.8 Å². The summed E-state index contributed by atoms with van der Waals surface area (Å²) in [6.45, 7) is 9.59. The smallest absolute Gasteiger partial charge is 0.248 e. The molecule has 0 spiro atoms. The van der Waals surface area contributed by atoms with E-state index in [2.05, 4.69) is 24.1 Å². The van der Waals surface area contributed by atoms with Crippen LogP contribution in [0.5, 0.6) is 0 Å². The fourth-order valence-corrected chi connectivity index (χ4v) is 1.99. The molecule has 0 saturated heterocycles. The topological polar surface area (TPSA) is 58.4 Å². The van der Waals surface area contributed by atoms with Crippen LogP contribution in [-0.2, 0) is 6.54 Å². The number of rotatable bonds is 9. The highest BCUT2D eigenvalue weighted by Gasteiger charge is 2.00. The van der Waals surface area contributed by atoms with E-state index in [1.807, 2.05) is 12.1 Å². The Bertz CT molecular complexity index is 371. The van der Waals surface area contributed by atoms with Crippen molar-refractivity contribution in [1.82, 2.24) is 10.2 Å². The Labute approximate surface area is 116 Å². The highest BCUT2D eigenvalue weighted by molar-refractivity contribution is 5.92. The van der Waals surface area contributed by atoms with Crippen LogP contribution in [0.4, 0.5) is 0 Å². The minimum absolute atomic E-state index is 0.376. The monoisotopic (exact) mass is 263 g/mol. The lowest BCUT2D eigenvalue weighted by atomic mass is 10.1. The number of nitrogens with two attached hydrogens (primary N) is 1. The Hall–Kier alpha value is -1.39. The first-order valence-corrected chi connectivity index (χ1v) is 6.99. The van der Waals surface area contributed by atoms with E-state index in [1.54, 1.807) is 12.1 Å². The Morgan fingerprint density at radius 3 is 2.37 bits per heavy atom. The summed E-state index contributed by atoms with van der Waals surface area (Å²) >= 11 is 0. The lowest BCUT2D eigenvalue weighted by Gasteiger charge is -2.17. The third kappa shape index (κ3) is 5.85. The van der Waals surface area contributed by atoms with Crippen LogP contribution in [0.2, 0.25) is 0 Å². The number of nitrogens with zero attached hydrogens (tertiary/aromatic N) is 1. The van der Waals surface area contributed by atoms with Gasteiger partial charge in [-0.1, -0.05) is 26.0 Å². The average Bonchev–Trinajstić information content (AvgIpc) is 2.43. The van der Waals surface area contributed by atoms with Crippen molar-refractivity contribution >= 4 is 5.91 Å². The van der Waals surface area contributed by atoms with Gasteiger partial charge in [-0.2, -0.15) is 0 Å². The molecule has 0 fully saturated rings. The lowest BCUT2D eigenvalue weighted by Crippen LogP contribution is -2.27. The van der Waals surface area contributed by atoms with Crippen LogP contribution in [-0.4, -0.2) is 37.0 Å². The lowest BCUT2D eigenvalue weighted by molar-refractivity contribution is 0.100. The van der Waals surface area contributed by atoms with Crippen LogP contribution in [0.25, 0.3) is 0 Å². The summed E-state index contributed by atoms with van der Waals surface area (Å²) in [6, 6.07) is 7.43. The Morgan fingerprint density at radius 1 is 1.21 bits per heavy atom. The molecular formula is C15H25N3O. The van der Waals surface area contributed by atoms with Gasteiger partial charge >= 0.3 is 0 Å². The van der Waals surface area contributed by atoms with Crippen molar-refractivity contribution in [3.63, 3.8) is 0 Å². The van der Waals surface area contributed by atoms with Crippen LogP contribution in [0.1, 0.15) is 36.2 Å². The second-order valence-corrected chi connectivity index (χ2v) is 4.62. The molecule has 4 heteroatoms. The SMILES string of the molecule is CCN(CC)CCCNCc1ccc(C(N)=O)cc1. The standard InChI is InChI=1S/C15H25N3O/c1-3-18(4-2)11-5-10-17-12-13-6-8-14(9-7-13)15(16)19/h6-9,17H,3-5,10-12H2,1-2H3,(H2,16,19). The predicted octanol–water partition coefficient (Wildman–Crippen LogP) is 1.61. The summed E-state index contributed by atoms with van der Waals surface area (Å²) < 4.78 is 0. The van der Waals surface area contributed by atoms with Gasteiger partial charge in [0.25, 0.3) is 0 Å². The second-order valence-electron chi connectivity index (χ2n) is 4.62. The van der Waals surface area contributed by atoms with Gasteiger partial charge in [-0.3, -0.25) is 4.79 Å². The summed E-state index contributed by atoms with van der Waals surface area (Å²) in [6.07, 6.45) is 1.15. The molecule has 1 amide bonds. The van der Waals surface area contributed by atoms with E-state index < -0.39 is 0 Å². The summed E-state index contributed by atoms with van der Waals surface area (Å²) in [4.78, 5) is 13.4. The van der Waals surface area contributed by atoms with E-state index >= 15 is 0 Å². The van der Waals surface area contributed by atoms with Crippen LogP contribution < -0.4 is 11.1 Å². The molecule has 0 aliphatic heterocycles. The molecule has 0 heterocycles. The van der Waals surface area contributed by atoms with Crippen molar-refractivity contribution in [2.75, 3.05) is 26.2 Å². The van der Waals surface area contributed by atoms with Crippen molar-refractivity contribution in [3.05, 3.63) is 35.4 Å². The van der Waals surface area contributed by atoms with Gasteiger partial charge in [0.2, 0.25) is 5.91 Å². The molecule has 3 N–H and O–H groups in total. The molecule has 0 aromatic heterocycles. The van der Waals surface area contributed by atoms with E-state index in [4.69, 9.17) is 5.73 Å². The van der Waals surface area contributed by atoms with Gasteiger partial charge in [0.1, 0.15) is 0 Å². The maximum Gasteiger partial charge on any atom is 0.248 e. The van der Waals surface area contributed by atoms with Crippen LogP contribution in [0.15, 0.2) is 24.3 Å². The number of amides is 1. The molecule has 19 heavy (non-hydrogen) atoms. The maximum absolute atomic E-state index is 10.9. The molecule has 0 unspecified atom stereocenters. The highest BCUT2D eigenvalue weighted by Crippen LogP contribution is 2.03. The maximum atomic E-state index is 10.9. The van der Waals surface area contributed by atoms with Gasteiger partial charge in [0.05, 0.1) is 0 Å². The Morgan fingerprint density at radius 2 is 1.84 bits per heavy atom. The minimum Gasteiger partial charge on any atom is -0.366 e. The van der Waals surface area contributed by atoms with Crippen molar-refractivity contribution in [1.29, 1.82) is 0 Å². The zero-order valence-corrected chi connectivity index (χ0v) is 12.0. The third-order valence-corrected chi connectivity index (χ3v) is 3.29. The van der Waals surface area contributed by atoms with Crippen LogP contribution in [0.3, 0.4) is 0 Å². The molecule has 106 valence electrons. The summed E-state index contributed by atoms with van der Waals surface area (Å²) in [7, 11) is 0. The molecule has 0 atom stereocenters. The predicted molar refractivity (Wildman–Crippen MR) is 79.1 cm³/mol. The summed E-state index contributed by atoms with van der Waals surface area (Å²) in [5.74, 6) is -0.376. The second kappa shape index (κ2) is 8.67. The number of nitrogens with one attached hydrogen (secondary N) is 1. The van der Waals surface area contributed by atoms with Crippen molar-refractivity contribution in [3.8, 4) is 0 Å². The highest BCUT2D eigenvalue weighted by atomic mass is 16.1. The van der Waals surface area contributed by atoms with Gasteiger partial charge in [-0.15, -0.1) is 0 Å². The zero-order valence-electron chi connectivity index (χ0n) is 12.0. The Balaban J connectivity index is 2.20. The first kappa shape index (κ1) is 15.7. The minimum atomic E-state index is -0.376. The fraction of sp³-hybridized carbons (Fsp3) is 0.533.